The van der Waals surface area contributed by atoms with Gasteiger partial charge in [-0.2, -0.15) is 0 Å². The first kappa shape index (κ1) is 15.1. The van der Waals surface area contributed by atoms with Crippen LogP contribution in [0, 0.1) is 0 Å². The Kier molecular flexibility index (Phi) is 4.94. The van der Waals surface area contributed by atoms with Crippen LogP contribution in [0.25, 0.3) is 5.69 Å². The van der Waals surface area contributed by atoms with E-state index in [-0.39, 0.29) is 11.6 Å². The fourth-order valence-corrected chi connectivity index (χ4v) is 2.02. The Morgan fingerprint density at radius 1 is 1.38 bits per heavy atom. The SMILES string of the molecule is CCCC[C@H](N)C(=O)Nc1ccc(-n2cc[nH]c2=O)cc1. The van der Waals surface area contributed by atoms with Gasteiger partial charge in [-0.3, -0.25) is 9.36 Å². The number of unbranched alkanes of at least 4 members (excludes halogenated alkanes) is 1. The molecule has 0 aliphatic heterocycles. The van der Waals surface area contributed by atoms with Crippen LogP contribution in [-0.4, -0.2) is 21.5 Å². The van der Waals surface area contributed by atoms with Gasteiger partial charge in [-0.1, -0.05) is 19.8 Å². The average molecular weight is 288 g/mol. The molecule has 1 heterocycles. The minimum absolute atomic E-state index is 0.185. The van der Waals surface area contributed by atoms with E-state index >= 15 is 0 Å². The topological polar surface area (TPSA) is 92.9 Å². The number of carbonyl (C=O) groups is 1. The summed E-state index contributed by atoms with van der Waals surface area (Å²) in [7, 11) is 0. The highest BCUT2D eigenvalue weighted by Crippen LogP contribution is 2.12. The minimum atomic E-state index is -0.489. The molecule has 0 aliphatic rings. The number of anilines is 1. The number of nitrogens with two attached hydrogens (primary N) is 1. The molecule has 0 unspecified atom stereocenters. The molecule has 1 atom stereocenters. The maximum Gasteiger partial charge on any atom is 0.330 e. The molecule has 0 fully saturated rings. The predicted molar refractivity (Wildman–Crippen MR) is 82.5 cm³/mol. The number of aromatic amines is 1. The highest BCUT2D eigenvalue weighted by atomic mass is 16.2. The van der Waals surface area contributed by atoms with E-state index in [0.29, 0.717) is 12.1 Å². The van der Waals surface area contributed by atoms with Crippen molar-refractivity contribution in [1.29, 1.82) is 0 Å². The number of nitrogens with zero attached hydrogens (tertiary/aromatic N) is 1. The highest BCUT2D eigenvalue weighted by molar-refractivity contribution is 5.94. The van der Waals surface area contributed by atoms with Gasteiger partial charge in [-0.15, -0.1) is 0 Å². The van der Waals surface area contributed by atoms with Crippen molar-refractivity contribution in [3.05, 3.63) is 47.1 Å². The lowest BCUT2D eigenvalue weighted by atomic mass is 10.1. The number of benzene rings is 1. The molecule has 1 aromatic heterocycles. The zero-order valence-electron chi connectivity index (χ0n) is 12.0. The number of aromatic nitrogens is 2. The van der Waals surface area contributed by atoms with Crippen LogP contribution in [0.4, 0.5) is 5.69 Å². The highest BCUT2D eigenvalue weighted by Gasteiger charge is 2.12. The number of imidazole rings is 1. The quantitative estimate of drug-likeness (QED) is 0.754. The van der Waals surface area contributed by atoms with Gasteiger partial charge in [0.1, 0.15) is 0 Å². The van der Waals surface area contributed by atoms with Crippen LogP contribution < -0.4 is 16.7 Å². The van der Waals surface area contributed by atoms with Crippen molar-refractivity contribution in [3.63, 3.8) is 0 Å². The average Bonchev–Trinajstić information content (AvgIpc) is 2.91. The third kappa shape index (κ3) is 3.82. The molecular weight excluding hydrogens is 268 g/mol. The molecule has 112 valence electrons. The van der Waals surface area contributed by atoms with Crippen LogP contribution in [0.3, 0.4) is 0 Å². The Morgan fingerprint density at radius 3 is 2.67 bits per heavy atom. The summed E-state index contributed by atoms with van der Waals surface area (Å²) >= 11 is 0. The summed E-state index contributed by atoms with van der Waals surface area (Å²) in [5.74, 6) is -0.185. The largest absolute Gasteiger partial charge is 0.330 e. The summed E-state index contributed by atoms with van der Waals surface area (Å²) in [6, 6.07) is 6.54. The molecule has 6 heteroatoms. The summed E-state index contributed by atoms with van der Waals surface area (Å²) < 4.78 is 1.48. The van der Waals surface area contributed by atoms with Crippen molar-refractivity contribution in [2.24, 2.45) is 5.73 Å². The van der Waals surface area contributed by atoms with Crippen LogP contribution in [0.15, 0.2) is 41.5 Å². The molecule has 0 saturated carbocycles. The van der Waals surface area contributed by atoms with Gasteiger partial charge in [0.25, 0.3) is 0 Å². The van der Waals surface area contributed by atoms with Crippen molar-refractivity contribution in [2.45, 2.75) is 32.2 Å². The summed E-state index contributed by atoms with van der Waals surface area (Å²) in [5, 5.41) is 2.78. The molecule has 0 spiro atoms. The molecule has 6 nitrogen and oxygen atoms in total. The second-order valence-electron chi connectivity index (χ2n) is 4.92. The van der Waals surface area contributed by atoms with E-state index in [0.717, 1.165) is 18.5 Å². The van der Waals surface area contributed by atoms with Crippen molar-refractivity contribution < 1.29 is 4.79 Å². The van der Waals surface area contributed by atoms with E-state index in [2.05, 4.69) is 17.2 Å². The predicted octanol–water partition coefficient (Wildman–Crippen LogP) is 1.62. The Hall–Kier alpha value is -2.34. The molecule has 1 aromatic carbocycles. The van der Waals surface area contributed by atoms with Crippen LogP contribution in [0.1, 0.15) is 26.2 Å². The first-order valence-electron chi connectivity index (χ1n) is 7.04. The third-order valence-corrected chi connectivity index (χ3v) is 3.27. The molecule has 0 aliphatic carbocycles. The summed E-state index contributed by atoms with van der Waals surface area (Å²) in [6.45, 7) is 2.06. The number of hydrogen-bond acceptors (Lipinski definition) is 3. The third-order valence-electron chi connectivity index (χ3n) is 3.27. The second-order valence-corrected chi connectivity index (χ2v) is 4.92. The molecule has 0 bridgehead atoms. The van der Waals surface area contributed by atoms with Gasteiger partial charge in [0, 0.05) is 18.1 Å². The van der Waals surface area contributed by atoms with Crippen LogP contribution in [-0.2, 0) is 4.79 Å². The number of amides is 1. The minimum Gasteiger partial charge on any atom is -0.325 e. The fourth-order valence-electron chi connectivity index (χ4n) is 2.02. The Morgan fingerprint density at radius 2 is 2.10 bits per heavy atom. The summed E-state index contributed by atoms with van der Waals surface area (Å²) in [4.78, 5) is 26.0. The van der Waals surface area contributed by atoms with Gasteiger partial charge in [-0.05, 0) is 30.7 Å². The smallest absolute Gasteiger partial charge is 0.325 e. The molecule has 4 N–H and O–H groups in total. The monoisotopic (exact) mass is 288 g/mol. The maximum atomic E-state index is 11.9. The van der Waals surface area contributed by atoms with E-state index < -0.39 is 6.04 Å². The molecule has 0 saturated heterocycles. The zero-order valence-corrected chi connectivity index (χ0v) is 12.0. The fraction of sp³-hybridized carbons (Fsp3) is 0.333. The molecule has 21 heavy (non-hydrogen) atoms. The number of H-pyrrole nitrogens is 1. The number of carbonyl (C=O) groups excluding carboxylic acids is 1. The molecule has 0 radical (unpaired) electrons. The number of hydrogen-bond donors (Lipinski definition) is 3. The van der Waals surface area contributed by atoms with E-state index in [1.807, 2.05) is 0 Å². The lowest BCUT2D eigenvalue weighted by molar-refractivity contribution is -0.117. The molecule has 1 amide bonds. The van der Waals surface area contributed by atoms with Gasteiger partial charge in [-0.25, -0.2) is 4.79 Å². The van der Waals surface area contributed by atoms with E-state index in [4.69, 9.17) is 5.73 Å². The van der Waals surface area contributed by atoms with Crippen LogP contribution >= 0.6 is 0 Å². The van der Waals surface area contributed by atoms with E-state index in [1.54, 1.807) is 36.7 Å². The zero-order chi connectivity index (χ0) is 15.2. The summed E-state index contributed by atoms with van der Waals surface area (Å²) in [6.07, 6.45) is 5.85. The van der Waals surface area contributed by atoms with Gasteiger partial charge in [0.15, 0.2) is 0 Å². The van der Waals surface area contributed by atoms with Gasteiger partial charge in [0.05, 0.1) is 11.7 Å². The molecular formula is C15H20N4O2. The normalized spacial score (nSPS) is 12.1. The van der Waals surface area contributed by atoms with Crippen LogP contribution in [0.2, 0.25) is 0 Å². The Labute approximate surface area is 123 Å². The van der Waals surface area contributed by atoms with Gasteiger partial charge >= 0.3 is 5.69 Å². The first-order valence-corrected chi connectivity index (χ1v) is 7.04. The lowest BCUT2D eigenvalue weighted by Crippen LogP contribution is -2.35. The van der Waals surface area contributed by atoms with E-state index in [1.165, 1.54) is 4.57 Å². The summed E-state index contributed by atoms with van der Waals surface area (Å²) in [5.41, 5.74) is 7.01. The molecule has 2 rings (SSSR count). The first-order chi connectivity index (χ1) is 10.1. The molecule has 2 aromatic rings. The van der Waals surface area contributed by atoms with Crippen molar-refractivity contribution in [1.82, 2.24) is 9.55 Å². The van der Waals surface area contributed by atoms with Crippen molar-refractivity contribution in [3.8, 4) is 5.69 Å². The van der Waals surface area contributed by atoms with E-state index in [9.17, 15) is 9.59 Å². The maximum absolute atomic E-state index is 11.9. The Bertz CT molecular complexity index is 642. The van der Waals surface area contributed by atoms with Crippen molar-refractivity contribution >= 4 is 11.6 Å². The standard InChI is InChI=1S/C15H20N4O2/c1-2-3-4-13(16)14(20)18-11-5-7-12(8-6-11)19-10-9-17-15(19)21/h5-10,13H,2-4,16H2,1H3,(H,17,21)(H,18,20)/t13-/m0/s1. The van der Waals surface area contributed by atoms with Crippen molar-refractivity contribution in [2.75, 3.05) is 5.32 Å². The number of rotatable bonds is 6. The lowest BCUT2D eigenvalue weighted by Gasteiger charge is -2.12. The van der Waals surface area contributed by atoms with Gasteiger partial charge in [0.2, 0.25) is 5.91 Å². The number of nitrogens with one attached hydrogen (secondary N) is 2. The van der Waals surface area contributed by atoms with Gasteiger partial charge < -0.3 is 16.0 Å². The van der Waals surface area contributed by atoms with Crippen LogP contribution in [0.5, 0.6) is 0 Å². The second kappa shape index (κ2) is 6.90. The Balaban J connectivity index is 2.01.